The van der Waals surface area contributed by atoms with Crippen molar-refractivity contribution >= 4 is 11.6 Å². The second kappa shape index (κ2) is 10.7. The topological polar surface area (TPSA) is 99.1 Å². The molecule has 36 heavy (non-hydrogen) atoms. The Morgan fingerprint density at radius 2 is 1.53 bits per heavy atom. The van der Waals surface area contributed by atoms with Crippen LogP contribution in [0.15, 0.2) is 77.7 Å². The van der Waals surface area contributed by atoms with E-state index in [2.05, 4.69) is 72.9 Å². The summed E-state index contributed by atoms with van der Waals surface area (Å²) in [4.78, 5) is 29.1. The maximum atomic E-state index is 12.8. The molecule has 9 nitrogen and oxygen atoms in total. The Morgan fingerprint density at radius 1 is 0.889 bits per heavy atom. The van der Waals surface area contributed by atoms with Crippen LogP contribution in [0.1, 0.15) is 27.2 Å². The van der Waals surface area contributed by atoms with Gasteiger partial charge in [-0.15, -0.1) is 0 Å². The minimum Gasteiger partial charge on any atom is -0.322 e. The van der Waals surface area contributed by atoms with Crippen molar-refractivity contribution in [2.45, 2.75) is 20.0 Å². The molecule has 184 valence electrons. The fourth-order valence-electron chi connectivity index (χ4n) is 4.42. The quantitative estimate of drug-likeness (QED) is 0.419. The summed E-state index contributed by atoms with van der Waals surface area (Å²) in [6.07, 6.45) is 1.50. The molecule has 0 unspecified atom stereocenters. The summed E-state index contributed by atoms with van der Waals surface area (Å²) in [7, 11) is 0. The summed E-state index contributed by atoms with van der Waals surface area (Å²) in [5, 5.41) is 13.5. The molecule has 1 aliphatic heterocycles. The Balaban J connectivity index is 1.14. The molecule has 0 spiro atoms. The zero-order valence-corrected chi connectivity index (χ0v) is 20.2. The second-order valence-corrected chi connectivity index (χ2v) is 9.02. The van der Waals surface area contributed by atoms with Crippen molar-refractivity contribution in [2.75, 3.05) is 31.5 Å². The van der Waals surface area contributed by atoms with E-state index in [-0.39, 0.29) is 11.5 Å². The molecule has 2 N–H and O–H groups in total. The van der Waals surface area contributed by atoms with Crippen LogP contribution in [0.4, 0.5) is 5.69 Å². The van der Waals surface area contributed by atoms with E-state index in [0.29, 0.717) is 17.1 Å². The predicted octanol–water partition coefficient (Wildman–Crippen LogP) is 2.83. The molecule has 9 heteroatoms. The van der Waals surface area contributed by atoms with E-state index in [1.807, 2.05) is 12.1 Å². The SMILES string of the molecule is Cc1c(C(=O)Nc2ccc(CN3CCN(Cc4ccccc4)CC3)cc2)cnn1-c1ccc(=O)[nH]n1. The first-order valence-electron chi connectivity index (χ1n) is 12.0. The molecule has 0 saturated carbocycles. The normalized spacial score (nSPS) is 14.6. The minimum atomic E-state index is -0.296. The molecule has 0 aliphatic carbocycles. The van der Waals surface area contributed by atoms with Crippen molar-refractivity contribution < 1.29 is 4.79 Å². The van der Waals surface area contributed by atoms with Crippen molar-refractivity contribution in [3.05, 3.63) is 106 Å². The van der Waals surface area contributed by atoms with Crippen LogP contribution in [0.25, 0.3) is 5.82 Å². The zero-order chi connectivity index (χ0) is 24.9. The summed E-state index contributed by atoms with van der Waals surface area (Å²) in [5.41, 5.74) is 4.09. The first-order valence-corrected chi connectivity index (χ1v) is 12.0. The van der Waals surface area contributed by atoms with Crippen molar-refractivity contribution in [1.29, 1.82) is 0 Å². The summed E-state index contributed by atoms with van der Waals surface area (Å²) in [6, 6.07) is 21.5. The van der Waals surface area contributed by atoms with Gasteiger partial charge in [-0.2, -0.15) is 10.2 Å². The maximum absolute atomic E-state index is 12.8. The Morgan fingerprint density at radius 3 is 2.14 bits per heavy atom. The number of nitrogens with one attached hydrogen (secondary N) is 2. The highest BCUT2D eigenvalue weighted by atomic mass is 16.1. The Hall–Kier alpha value is -4.08. The fraction of sp³-hybridized carbons (Fsp3) is 0.259. The maximum Gasteiger partial charge on any atom is 0.264 e. The third kappa shape index (κ3) is 5.59. The highest BCUT2D eigenvalue weighted by Gasteiger charge is 2.18. The van der Waals surface area contributed by atoms with Gasteiger partial charge in [-0.25, -0.2) is 9.78 Å². The second-order valence-electron chi connectivity index (χ2n) is 9.02. The molecule has 5 rings (SSSR count). The van der Waals surface area contributed by atoms with Gasteiger partial charge in [0.05, 0.1) is 17.5 Å². The molecule has 0 atom stereocenters. The smallest absolute Gasteiger partial charge is 0.264 e. The number of carbonyl (C=O) groups is 1. The van der Waals surface area contributed by atoms with E-state index in [9.17, 15) is 9.59 Å². The average Bonchev–Trinajstić information content (AvgIpc) is 3.29. The predicted molar refractivity (Wildman–Crippen MR) is 138 cm³/mol. The highest BCUT2D eigenvalue weighted by molar-refractivity contribution is 6.04. The van der Waals surface area contributed by atoms with Crippen LogP contribution in [0.3, 0.4) is 0 Å². The van der Waals surface area contributed by atoms with Gasteiger partial charge in [0.15, 0.2) is 5.82 Å². The fourth-order valence-corrected chi connectivity index (χ4v) is 4.42. The Bertz CT molecular complexity index is 1350. The number of nitrogens with zero attached hydrogens (tertiary/aromatic N) is 5. The molecule has 1 saturated heterocycles. The van der Waals surface area contributed by atoms with Crippen LogP contribution >= 0.6 is 0 Å². The number of aromatic nitrogens is 4. The lowest BCUT2D eigenvalue weighted by Gasteiger charge is -2.34. The molecule has 2 aromatic carbocycles. The van der Waals surface area contributed by atoms with E-state index in [4.69, 9.17) is 0 Å². The van der Waals surface area contributed by atoms with Crippen molar-refractivity contribution in [3.63, 3.8) is 0 Å². The lowest BCUT2D eigenvalue weighted by Crippen LogP contribution is -2.45. The summed E-state index contributed by atoms with van der Waals surface area (Å²) in [6.45, 7) is 7.89. The number of rotatable bonds is 7. The van der Waals surface area contributed by atoms with Crippen LogP contribution in [-0.2, 0) is 13.1 Å². The van der Waals surface area contributed by atoms with Crippen molar-refractivity contribution in [1.82, 2.24) is 29.8 Å². The van der Waals surface area contributed by atoms with E-state index in [0.717, 1.165) is 45.0 Å². The van der Waals surface area contributed by atoms with Gasteiger partial charge in [-0.1, -0.05) is 42.5 Å². The molecule has 3 heterocycles. The van der Waals surface area contributed by atoms with Gasteiger partial charge in [0.25, 0.3) is 11.5 Å². The third-order valence-electron chi connectivity index (χ3n) is 6.47. The van der Waals surface area contributed by atoms with Crippen LogP contribution in [-0.4, -0.2) is 61.9 Å². The molecular weight excluding hydrogens is 454 g/mol. The molecule has 1 amide bonds. The number of carbonyl (C=O) groups excluding carboxylic acids is 1. The molecule has 0 bridgehead atoms. The number of hydrogen-bond donors (Lipinski definition) is 2. The van der Waals surface area contributed by atoms with Crippen LogP contribution in [0, 0.1) is 6.92 Å². The zero-order valence-electron chi connectivity index (χ0n) is 20.2. The number of hydrogen-bond acceptors (Lipinski definition) is 6. The number of amides is 1. The standard InChI is InChI=1S/C27H29N7O2/c1-20-24(17-28-34(20)25-11-12-26(35)31-30-25)27(36)29-23-9-7-22(8-10-23)19-33-15-13-32(14-16-33)18-21-5-3-2-4-6-21/h2-12,17H,13-16,18-19H2,1H3,(H,29,36)(H,31,35). The molecule has 1 fully saturated rings. The van der Waals surface area contributed by atoms with Crippen LogP contribution in [0.2, 0.25) is 0 Å². The molecule has 4 aromatic rings. The van der Waals surface area contributed by atoms with Crippen molar-refractivity contribution in [2.24, 2.45) is 0 Å². The Kier molecular flexibility index (Phi) is 7.01. The lowest BCUT2D eigenvalue weighted by molar-refractivity contribution is 0.102. The monoisotopic (exact) mass is 483 g/mol. The van der Waals surface area contributed by atoms with Crippen molar-refractivity contribution in [3.8, 4) is 5.82 Å². The van der Waals surface area contributed by atoms with E-state index >= 15 is 0 Å². The summed E-state index contributed by atoms with van der Waals surface area (Å²) < 4.78 is 1.52. The van der Waals surface area contributed by atoms with Gasteiger partial charge in [0.2, 0.25) is 0 Å². The minimum absolute atomic E-state index is 0.245. The first kappa shape index (κ1) is 23.7. The van der Waals surface area contributed by atoms with E-state index in [1.165, 1.54) is 28.1 Å². The highest BCUT2D eigenvalue weighted by Crippen LogP contribution is 2.17. The van der Waals surface area contributed by atoms with E-state index < -0.39 is 0 Å². The Labute approximate surface area is 209 Å². The number of H-pyrrole nitrogens is 1. The van der Waals surface area contributed by atoms with E-state index in [1.54, 1.807) is 13.0 Å². The van der Waals surface area contributed by atoms with Gasteiger partial charge in [-0.05, 0) is 36.2 Å². The average molecular weight is 484 g/mol. The van der Waals surface area contributed by atoms with Crippen LogP contribution in [0.5, 0.6) is 0 Å². The number of anilines is 1. The molecule has 2 aromatic heterocycles. The number of benzene rings is 2. The third-order valence-corrected chi connectivity index (χ3v) is 6.47. The van der Waals surface area contributed by atoms with Gasteiger partial charge in [-0.3, -0.25) is 19.4 Å². The molecule has 1 aliphatic rings. The summed E-state index contributed by atoms with van der Waals surface area (Å²) in [5.74, 6) is 0.196. The number of aromatic amines is 1. The van der Waals surface area contributed by atoms with Gasteiger partial charge in [0, 0.05) is 51.0 Å². The van der Waals surface area contributed by atoms with Gasteiger partial charge < -0.3 is 5.32 Å². The first-order chi connectivity index (χ1) is 17.5. The largest absolute Gasteiger partial charge is 0.322 e. The summed E-state index contributed by atoms with van der Waals surface area (Å²) >= 11 is 0. The van der Waals surface area contributed by atoms with Gasteiger partial charge >= 0.3 is 0 Å². The molecule has 0 radical (unpaired) electrons. The number of piperazine rings is 1. The lowest BCUT2D eigenvalue weighted by atomic mass is 10.1. The molecular formula is C27H29N7O2. The van der Waals surface area contributed by atoms with Crippen LogP contribution < -0.4 is 10.9 Å². The van der Waals surface area contributed by atoms with Gasteiger partial charge in [0.1, 0.15) is 0 Å².